The van der Waals surface area contributed by atoms with E-state index < -0.39 is 46.3 Å². The van der Waals surface area contributed by atoms with Gasteiger partial charge in [0.2, 0.25) is 5.78 Å². The number of hydrogen-bond acceptors (Lipinski definition) is 9. The molecule has 0 amide bonds. The van der Waals surface area contributed by atoms with Crippen LogP contribution in [-0.4, -0.2) is 73.0 Å². The van der Waals surface area contributed by atoms with Crippen LogP contribution in [0.25, 0.3) is 0 Å². The molecule has 0 spiro atoms. The summed E-state index contributed by atoms with van der Waals surface area (Å²) in [5.41, 5.74) is -1.13. The maximum absolute atomic E-state index is 14.0. The Morgan fingerprint density at radius 1 is 1.24 bits per heavy atom. The summed E-state index contributed by atoms with van der Waals surface area (Å²) in [4.78, 5) is 54.3. The molecule has 204 valence electrons. The molecule has 1 heterocycles. The van der Waals surface area contributed by atoms with Crippen LogP contribution >= 0.6 is 0 Å². The molecule has 0 aromatic rings. The Kier molecular flexibility index (Phi) is 7.52. The average Bonchev–Trinajstić information content (AvgIpc) is 3.18. The fraction of sp³-hybridized carbons (Fsp3) is 0.517. The summed E-state index contributed by atoms with van der Waals surface area (Å²) < 4.78 is 16.7. The summed E-state index contributed by atoms with van der Waals surface area (Å²) in [6.45, 7) is 11.5. The van der Waals surface area contributed by atoms with Crippen molar-refractivity contribution in [2.24, 2.45) is 16.7 Å². The Hall–Kier alpha value is -3.46. The number of aliphatic hydroxyl groups is 1. The molecule has 1 aliphatic heterocycles. The number of ether oxygens (including phenoxy) is 3. The van der Waals surface area contributed by atoms with Crippen LogP contribution in [0.5, 0.6) is 0 Å². The molecule has 4 aliphatic rings. The van der Waals surface area contributed by atoms with Crippen LogP contribution in [0.4, 0.5) is 0 Å². The molecule has 0 radical (unpaired) electrons. The van der Waals surface area contributed by atoms with Gasteiger partial charge in [-0.3, -0.25) is 14.4 Å². The summed E-state index contributed by atoms with van der Waals surface area (Å²) in [7, 11) is 1.54. The standard InChI is InChI=1S/C29H35NO8/c1-6-11-30(12-7-2)15-18-23-26(34)25(33)22-19-8-9-21(32)29(19,10-13-36-5)14-20(38-17(3)31)24(22)28(23,4)16-37-27(18)35/h6-7,15,19-20,34H,1-2,8-14,16H2,3-5H3/t19?,20?,28-,29-/m0/s1. The second kappa shape index (κ2) is 10.4. The highest BCUT2D eigenvalue weighted by Crippen LogP contribution is 2.62. The second-order valence-electron chi connectivity index (χ2n) is 10.6. The summed E-state index contributed by atoms with van der Waals surface area (Å²) in [6, 6.07) is 0. The van der Waals surface area contributed by atoms with Crippen molar-refractivity contribution in [3.8, 4) is 0 Å². The third-order valence-electron chi connectivity index (χ3n) is 8.32. The molecule has 9 heteroatoms. The number of allylic oxidation sites excluding steroid dienone is 1. The summed E-state index contributed by atoms with van der Waals surface area (Å²) in [5, 5.41) is 11.4. The van der Waals surface area contributed by atoms with Crippen molar-refractivity contribution in [1.82, 2.24) is 4.90 Å². The van der Waals surface area contributed by atoms with Crippen LogP contribution in [-0.2, 0) is 33.4 Å². The largest absolute Gasteiger partial charge is 0.504 e. The molecule has 9 nitrogen and oxygen atoms in total. The predicted octanol–water partition coefficient (Wildman–Crippen LogP) is 3.14. The van der Waals surface area contributed by atoms with Gasteiger partial charge in [-0.25, -0.2) is 4.79 Å². The number of nitrogens with zero attached hydrogens (tertiary/aromatic N) is 1. The number of ketones is 2. The maximum atomic E-state index is 14.0. The van der Waals surface area contributed by atoms with Gasteiger partial charge in [0, 0.05) is 75.3 Å². The van der Waals surface area contributed by atoms with Crippen LogP contribution in [0.1, 0.15) is 39.5 Å². The summed E-state index contributed by atoms with van der Waals surface area (Å²) >= 11 is 0. The SMILES string of the molecule is C=CCN(C=C1C(=O)OC[C@@]2(C)C1=C(O)C(=O)C1=C2C(OC(C)=O)C[C@]2(CCOC)C(=O)CCC12)CC=C. The van der Waals surface area contributed by atoms with Gasteiger partial charge in [0.1, 0.15) is 18.5 Å². The Labute approximate surface area is 222 Å². The van der Waals surface area contributed by atoms with E-state index in [-0.39, 0.29) is 36.4 Å². The Morgan fingerprint density at radius 2 is 1.92 bits per heavy atom. The number of methoxy groups -OCH3 is 1. The molecule has 0 bridgehead atoms. The van der Waals surface area contributed by atoms with E-state index in [2.05, 4.69) is 13.2 Å². The van der Waals surface area contributed by atoms with Crippen molar-refractivity contribution in [1.29, 1.82) is 0 Å². The zero-order chi connectivity index (χ0) is 27.8. The topological polar surface area (TPSA) is 119 Å². The molecule has 4 rings (SSSR count). The molecule has 1 saturated heterocycles. The van der Waals surface area contributed by atoms with Gasteiger partial charge in [-0.15, -0.1) is 13.2 Å². The summed E-state index contributed by atoms with van der Waals surface area (Å²) in [5.74, 6) is -2.90. The lowest BCUT2D eigenvalue weighted by Gasteiger charge is -2.51. The normalized spacial score (nSPS) is 31.4. The van der Waals surface area contributed by atoms with Gasteiger partial charge in [-0.2, -0.15) is 0 Å². The number of carbonyl (C=O) groups is 4. The van der Waals surface area contributed by atoms with E-state index in [0.717, 1.165) is 0 Å². The van der Waals surface area contributed by atoms with E-state index in [1.54, 1.807) is 37.3 Å². The van der Waals surface area contributed by atoms with Crippen molar-refractivity contribution in [3.05, 3.63) is 59.6 Å². The lowest BCUT2D eigenvalue weighted by molar-refractivity contribution is -0.153. The van der Waals surface area contributed by atoms with E-state index in [1.807, 2.05) is 0 Å². The van der Waals surface area contributed by atoms with Gasteiger partial charge < -0.3 is 24.2 Å². The molecular weight excluding hydrogens is 490 g/mol. The van der Waals surface area contributed by atoms with Crippen LogP contribution < -0.4 is 0 Å². The lowest BCUT2D eigenvalue weighted by atomic mass is 9.54. The molecule has 4 atom stereocenters. The van der Waals surface area contributed by atoms with Gasteiger partial charge in [0.25, 0.3) is 0 Å². The number of fused-ring (bicyclic) bond motifs is 4. The Balaban J connectivity index is 1.94. The van der Waals surface area contributed by atoms with Gasteiger partial charge >= 0.3 is 11.9 Å². The van der Waals surface area contributed by atoms with E-state index in [0.29, 0.717) is 43.7 Å². The van der Waals surface area contributed by atoms with E-state index in [1.165, 1.54) is 6.92 Å². The van der Waals surface area contributed by atoms with Crippen LogP contribution in [0.3, 0.4) is 0 Å². The van der Waals surface area contributed by atoms with E-state index in [9.17, 15) is 24.3 Å². The minimum absolute atomic E-state index is 0.00406. The number of hydrogen-bond donors (Lipinski definition) is 1. The first-order valence-electron chi connectivity index (χ1n) is 12.8. The van der Waals surface area contributed by atoms with Crippen LogP contribution in [0.2, 0.25) is 0 Å². The number of aliphatic hydroxyl groups excluding tert-OH is 1. The van der Waals surface area contributed by atoms with Gasteiger partial charge in [0.05, 0.1) is 11.0 Å². The Bertz CT molecular complexity index is 1180. The average molecular weight is 526 g/mol. The molecular formula is C29H35NO8. The first-order chi connectivity index (χ1) is 18.0. The third-order valence-corrected chi connectivity index (χ3v) is 8.32. The number of cyclic esters (lactones) is 1. The summed E-state index contributed by atoms with van der Waals surface area (Å²) in [6.07, 6.45) is 5.21. The highest BCUT2D eigenvalue weighted by atomic mass is 16.5. The fourth-order valence-electron chi connectivity index (χ4n) is 6.81. The molecule has 3 aliphatic carbocycles. The third kappa shape index (κ3) is 4.22. The van der Waals surface area contributed by atoms with E-state index in [4.69, 9.17) is 14.2 Å². The Morgan fingerprint density at radius 3 is 2.53 bits per heavy atom. The molecule has 0 aromatic carbocycles. The van der Waals surface area contributed by atoms with Gasteiger partial charge in [-0.05, 0) is 25.3 Å². The van der Waals surface area contributed by atoms with Crippen molar-refractivity contribution >= 4 is 23.5 Å². The molecule has 1 saturated carbocycles. The highest BCUT2D eigenvalue weighted by Gasteiger charge is 2.63. The van der Waals surface area contributed by atoms with E-state index >= 15 is 0 Å². The quantitative estimate of drug-likeness (QED) is 0.275. The number of esters is 2. The van der Waals surface area contributed by atoms with Crippen molar-refractivity contribution in [2.75, 3.05) is 33.4 Å². The molecule has 38 heavy (non-hydrogen) atoms. The van der Waals surface area contributed by atoms with Crippen molar-refractivity contribution in [2.45, 2.75) is 45.6 Å². The van der Waals surface area contributed by atoms with Crippen LogP contribution in [0.15, 0.2) is 59.6 Å². The predicted molar refractivity (Wildman–Crippen MR) is 138 cm³/mol. The highest BCUT2D eigenvalue weighted by molar-refractivity contribution is 6.13. The van der Waals surface area contributed by atoms with Crippen LogP contribution in [0, 0.1) is 16.7 Å². The lowest BCUT2D eigenvalue weighted by Crippen LogP contribution is -2.53. The fourth-order valence-corrected chi connectivity index (χ4v) is 6.81. The zero-order valence-electron chi connectivity index (χ0n) is 22.2. The van der Waals surface area contributed by atoms with Crippen molar-refractivity contribution < 1.29 is 38.5 Å². The number of carbonyl (C=O) groups excluding carboxylic acids is 4. The number of rotatable bonds is 9. The molecule has 1 N–H and O–H groups in total. The van der Waals surface area contributed by atoms with Gasteiger partial charge in [0.15, 0.2) is 5.76 Å². The number of Topliss-reactive ketones (excluding diaryl/α,β-unsaturated/α-hetero) is 2. The monoisotopic (exact) mass is 525 g/mol. The molecule has 2 fully saturated rings. The minimum atomic E-state index is -1.15. The smallest absolute Gasteiger partial charge is 0.340 e. The minimum Gasteiger partial charge on any atom is -0.504 e. The van der Waals surface area contributed by atoms with Crippen molar-refractivity contribution in [3.63, 3.8) is 0 Å². The molecule has 2 unspecified atom stereocenters. The van der Waals surface area contributed by atoms with Gasteiger partial charge in [-0.1, -0.05) is 12.2 Å². The maximum Gasteiger partial charge on any atom is 0.340 e. The first kappa shape index (κ1) is 27.6. The zero-order valence-corrected chi connectivity index (χ0v) is 22.2. The first-order valence-corrected chi connectivity index (χ1v) is 12.8. The second-order valence-corrected chi connectivity index (χ2v) is 10.6. The molecule has 0 aromatic heterocycles.